The SMILES string of the molecule is C=CCC(CC=C)C(=O)N1CCN(CCO)CC1. The van der Waals surface area contributed by atoms with Crippen LogP contribution in [0.4, 0.5) is 0 Å². The van der Waals surface area contributed by atoms with Gasteiger partial charge in [0.25, 0.3) is 0 Å². The lowest BCUT2D eigenvalue weighted by Gasteiger charge is -2.36. The average molecular weight is 252 g/mol. The molecule has 1 heterocycles. The van der Waals surface area contributed by atoms with E-state index in [9.17, 15) is 4.79 Å². The minimum atomic E-state index is -0.00982. The van der Waals surface area contributed by atoms with Gasteiger partial charge in [0.1, 0.15) is 0 Å². The second-order valence-corrected chi connectivity index (χ2v) is 4.64. The molecule has 1 fully saturated rings. The van der Waals surface area contributed by atoms with Crippen molar-refractivity contribution >= 4 is 5.91 Å². The standard InChI is InChI=1S/C14H24N2O2/c1-3-5-13(6-4-2)14(18)16-9-7-15(8-10-16)11-12-17/h3-4,13,17H,1-2,5-12H2. The predicted molar refractivity (Wildman–Crippen MR) is 73.2 cm³/mol. The van der Waals surface area contributed by atoms with Gasteiger partial charge >= 0.3 is 0 Å². The minimum Gasteiger partial charge on any atom is -0.395 e. The van der Waals surface area contributed by atoms with Crippen molar-refractivity contribution in [1.29, 1.82) is 0 Å². The Kier molecular flexibility index (Phi) is 6.68. The number of aliphatic hydroxyl groups is 1. The maximum absolute atomic E-state index is 12.3. The van der Waals surface area contributed by atoms with E-state index in [4.69, 9.17) is 5.11 Å². The molecule has 1 saturated heterocycles. The molecule has 0 aromatic carbocycles. The lowest BCUT2D eigenvalue weighted by Crippen LogP contribution is -2.50. The molecule has 4 nitrogen and oxygen atoms in total. The summed E-state index contributed by atoms with van der Waals surface area (Å²) in [6, 6.07) is 0. The fourth-order valence-electron chi connectivity index (χ4n) is 2.29. The van der Waals surface area contributed by atoms with Crippen LogP contribution in [0.25, 0.3) is 0 Å². The van der Waals surface area contributed by atoms with Crippen LogP contribution in [0.2, 0.25) is 0 Å². The van der Waals surface area contributed by atoms with Gasteiger partial charge in [-0.25, -0.2) is 0 Å². The van der Waals surface area contributed by atoms with Gasteiger partial charge in [0, 0.05) is 38.6 Å². The van der Waals surface area contributed by atoms with Crippen LogP contribution in [0.1, 0.15) is 12.8 Å². The van der Waals surface area contributed by atoms with Crippen LogP contribution in [-0.2, 0) is 4.79 Å². The van der Waals surface area contributed by atoms with Crippen LogP contribution in [0, 0.1) is 5.92 Å². The third-order valence-electron chi connectivity index (χ3n) is 3.35. The van der Waals surface area contributed by atoms with Crippen molar-refractivity contribution in [2.75, 3.05) is 39.3 Å². The summed E-state index contributed by atoms with van der Waals surface area (Å²) >= 11 is 0. The summed E-state index contributed by atoms with van der Waals surface area (Å²) in [5, 5.41) is 8.88. The molecule has 1 aliphatic rings. The summed E-state index contributed by atoms with van der Waals surface area (Å²) in [5.74, 6) is 0.197. The first-order chi connectivity index (χ1) is 8.72. The minimum absolute atomic E-state index is 0.00982. The predicted octanol–water partition coefficient (Wildman–Crippen LogP) is 0.891. The van der Waals surface area contributed by atoms with Gasteiger partial charge in [-0.1, -0.05) is 12.2 Å². The fourth-order valence-corrected chi connectivity index (χ4v) is 2.29. The van der Waals surface area contributed by atoms with E-state index in [1.165, 1.54) is 0 Å². The highest BCUT2D eigenvalue weighted by Gasteiger charge is 2.25. The van der Waals surface area contributed by atoms with Gasteiger partial charge in [-0.15, -0.1) is 13.2 Å². The summed E-state index contributed by atoms with van der Waals surface area (Å²) < 4.78 is 0. The summed E-state index contributed by atoms with van der Waals surface area (Å²) in [6.07, 6.45) is 5.02. The molecule has 0 saturated carbocycles. The summed E-state index contributed by atoms with van der Waals surface area (Å²) in [5.41, 5.74) is 0. The lowest BCUT2D eigenvalue weighted by molar-refractivity contribution is -0.137. The topological polar surface area (TPSA) is 43.8 Å². The van der Waals surface area contributed by atoms with Crippen molar-refractivity contribution in [3.8, 4) is 0 Å². The Hall–Kier alpha value is -1.13. The van der Waals surface area contributed by atoms with Crippen LogP contribution in [0.15, 0.2) is 25.3 Å². The second kappa shape index (κ2) is 8.06. The summed E-state index contributed by atoms with van der Waals surface area (Å²) in [4.78, 5) is 16.4. The number of carbonyl (C=O) groups excluding carboxylic acids is 1. The summed E-state index contributed by atoms with van der Waals surface area (Å²) in [6.45, 7) is 11.5. The molecule has 0 atom stereocenters. The van der Waals surface area contributed by atoms with Crippen molar-refractivity contribution < 1.29 is 9.90 Å². The average Bonchev–Trinajstić information content (AvgIpc) is 2.39. The molecular weight excluding hydrogens is 228 g/mol. The zero-order valence-electron chi connectivity index (χ0n) is 11.1. The highest BCUT2D eigenvalue weighted by molar-refractivity contribution is 5.79. The van der Waals surface area contributed by atoms with Crippen molar-refractivity contribution in [2.45, 2.75) is 12.8 Å². The first kappa shape index (κ1) is 14.9. The Bertz CT molecular complexity index is 274. The molecule has 0 radical (unpaired) electrons. The van der Waals surface area contributed by atoms with E-state index in [1.54, 1.807) is 12.2 Å². The summed E-state index contributed by atoms with van der Waals surface area (Å²) in [7, 11) is 0. The number of nitrogens with zero attached hydrogens (tertiary/aromatic N) is 2. The van der Waals surface area contributed by atoms with E-state index in [0.29, 0.717) is 19.4 Å². The molecule has 1 N–H and O–H groups in total. The third kappa shape index (κ3) is 4.27. The molecule has 0 aromatic heterocycles. The number of allylic oxidation sites excluding steroid dienone is 2. The number of piperazine rings is 1. The first-order valence-corrected chi connectivity index (χ1v) is 6.56. The Balaban J connectivity index is 2.46. The molecule has 0 aromatic rings. The maximum Gasteiger partial charge on any atom is 0.226 e. The van der Waals surface area contributed by atoms with Gasteiger partial charge in [0.15, 0.2) is 0 Å². The monoisotopic (exact) mass is 252 g/mol. The van der Waals surface area contributed by atoms with E-state index in [1.807, 2.05) is 4.90 Å². The van der Waals surface area contributed by atoms with E-state index in [-0.39, 0.29) is 18.4 Å². The zero-order valence-corrected chi connectivity index (χ0v) is 11.1. The van der Waals surface area contributed by atoms with Gasteiger partial charge in [-0.2, -0.15) is 0 Å². The van der Waals surface area contributed by atoms with Crippen molar-refractivity contribution in [1.82, 2.24) is 9.80 Å². The molecule has 18 heavy (non-hydrogen) atoms. The Labute approximate surface area is 110 Å². The van der Waals surface area contributed by atoms with Gasteiger partial charge in [-0.3, -0.25) is 9.69 Å². The Morgan fingerprint density at radius 1 is 1.17 bits per heavy atom. The van der Waals surface area contributed by atoms with Crippen LogP contribution in [-0.4, -0.2) is 60.1 Å². The highest BCUT2D eigenvalue weighted by Crippen LogP contribution is 2.15. The smallest absolute Gasteiger partial charge is 0.226 e. The number of β-amino-alcohol motifs (C(OH)–C–C–N with tert-alkyl or cyclic N) is 1. The molecule has 0 spiro atoms. The molecule has 0 bridgehead atoms. The number of hydrogen-bond acceptors (Lipinski definition) is 3. The number of hydrogen-bond donors (Lipinski definition) is 1. The third-order valence-corrected chi connectivity index (χ3v) is 3.35. The van der Waals surface area contributed by atoms with Crippen molar-refractivity contribution in [3.63, 3.8) is 0 Å². The maximum atomic E-state index is 12.3. The molecular formula is C14H24N2O2. The first-order valence-electron chi connectivity index (χ1n) is 6.56. The normalized spacial score (nSPS) is 16.9. The highest BCUT2D eigenvalue weighted by atomic mass is 16.3. The largest absolute Gasteiger partial charge is 0.395 e. The second-order valence-electron chi connectivity index (χ2n) is 4.64. The van der Waals surface area contributed by atoms with Crippen LogP contribution in [0.5, 0.6) is 0 Å². The zero-order chi connectivity index (χ0) is 13.4. The van der Waals surface area contributed by atoms with E-state index in [0.717, 1.165) is 26.2 Å². The molecule has 0 unspecified atom stereocenters. The van der Waals surface area contributed by atoms with Crippen LogP contribution in [0.3, 0.4) is 0 Å². The van der Waals surface area contributed by atoms with Gasteiger partial charge in [0.2, 0.25) is 5.91 Å². The fraction of sp³-hybridized carbons (Fsp3) is 0.643. The molecule has 1 amide bonds. The van der Waals surface area contributed by atoms with Gasteiger partial charge in [-0.05, 0) is 12.8 Å². The van der Waals surface area contributed by atoms with E-state index < -0.39 is 0 Å². The molecule has 1 rings (SSSR count). The Morgan fingerprint density at radius 2 is 1.72 bits per heavy atom. The van der Waals surface area contributed by atoms with E-state index in [2.05, 4.69) is 18.1 Å². The van der Waals surface area contributed by atoms with Gasteiger partial charge < -0.3 is 10.0 Å². The lowest BCUT2D eigenvalue weighted by atomic mass is 9.99. The van der Waals surface area contributed by atoms with Gasteiger partial charge in [0.05, 0.1) is 6.61 Å². The number of rotatable bonds is 7. The van der Waals surface area contributed by atoms with Crippen LogP contribution >= 0.6 is 0 Å². The number of carbonyl (C=O) groups is 1. The Morgan fingerprint density at radius 3 is 2.17 bits per heavy atom. The molecule has 0 aliphatic carbocycles. The molecule has 4 heteroatoms. The van der Waals surface area contributed by atoms with Crippen molar-refractivity contribution in [2.24, 2.45) is 5.92 Å². The number of aliphatic hydroxyl groups excluding tert-OH is 1. The van der Waals surface area contributed by atoms with Crippen molar-refractivity contribution in [3.05, 3.63) is 25.3 Å². The molecule has 1 aliphatic heterocycles. The molecule has 102 valence electrons. The quantitative estimate of drug-likeness (QED) is 0.684. The van der Waals surface area contributed by atoms with Crippen LogP contribution < -0.4 is 0 Å². The van der Waals surface area contributed by atoms with E-state index >= 15 is 0 Å². The number of amides is 1.